The number of aromatic amines is 1. The van der Waals surface area contributed by atoms with Crippen LogP contribution in [0, 0.1) is 5.82 Å². The lowest BCUT2D eigenvalue weighted by atomic mass is 10.2. The number of thioether (sulfide) groups is 1. The Labute approximate surface area is 124 Å². The van der Waals surface area contributed by atoms with Gasteiger partial charge in [-0.3, -0.25) is 5.10 Å². The van der Waals surface area contributed by atoms with E-state index in [4.69, 9.17) is 0 Å². The first-order valence-corrected chi connectivity index (χ1v) is 7.87. The van der Waals surface area contributed by atoms with E-state index in [-0.39, 0.29) is 11.1 Å². The van der Waals surface area contributed by atoms with Crippen molar-refractivity contribution < 1.29 is 4.39 Å². The second-order valence-electron chi connectivity index (χ2n) is 4.26. The van der Waals surface area contributed by atoms with Gasteiger partial charge in [0.1, 0.15) is 5.82 Å². The molecule has 2 heterocycles. The van der Waals surface area contributed by atoms with Crippen molar-refractivity contribution in [2.75, 3.05) is 0 Å². The number of nitrogens with zero attached hydrogens (tertiary/aromatic N) is 2. The molecule has 1 N–H and O–H groups in total. The fourth-order valence-electron chi connectivity index (χ4n) is 1.78. The summed E-state index contributed by atoms with van der Waals surface area (Å²) in [4.78, 5) is 5.54. The highest BCUT2D eigenvalue weighted by atomic mass is 32.2. The van der Waals surface area contributed by atoms with Crippen LogP contribution in [-0.2, 0) is 0 Å². The number of hydrogen-bond acceptors (Lipinski definition) is 4. The lowest BCUT2D eigenvalue weighted by Gasteiger charge is -2.08. The van der Waals surface area contributed by atoms with Gasteiger partial charge in [-0.2, -0.15) is 0 Å². The van der Waals surface area contributed by atoms with Crippen molar-refractivity contribution in [3.63, 3.8) is 0 Å². The maximum Gasteiger partial charge on any atom is 0.209 e. The lowest BCUT2D eigenvalue weighted by molar-refractivity contribution is 0.627. The number of thiophene rings is 1. The molecule has 0 bridgehead atoms. The summed E-state index contributed by atoms with van der Waals surface area (Å²) in [6.45, 7) is 2.05. The first kappa shape index (κ1) is 13.3. The molecule has 1 aromatic carbocycles. The zero-order valence-corrected chi connectivity index (χ0v) is 12.3. The quantitative estimate of drug-likeness (QED) is 0.720. The summed E-state index contributed by atoms with van der Waals surface area (Å²) in [7, 11) is 0. The van der Waals surface area contributed by atoms with E-state index < -0.39 is 0 Å². The summed E-state index contributed by atoms with van der Waals surface area (Å²) in [5, 5.41) is 10.0. The van der Waals surface area contributed by atoms with Crippen molar-refractivity contribution in [3.05, 3.63) is 53.2 Å². The monoisotopic (exact) mass is 305 g/mol. The molecule has 3 rings (SSSR count). The Morgan fingerprint density at radius 1 is 1.25 bits per heavy atom. The average molecular weight is 305 g/mol. The molecule has 0 saturated heterocycles. The SMILES string of the molecule is C[C@H](Sc1n[nH]c(-c2cccs2)n1)c1ccc(F)cc1. The second kappa shape index (κ2) is 5.76. The Morgan fingerprint density at radius 3 is 2.75 bits per heavy atom. The zero-order chi connectivity index (χ0) is 13.9. The molecule has 0 saturated carbocycles. The maximum absolute atomic E-state index is 12.9. The van der Waals surface area contributed by atoms with E-state index >= 15 is 0 Å². The van der Waals surface area contributed by atoms with E-state index in [1.54, 1.807) is 35.2 Å². The molecule has 0 unspecified atom stereocenters. The van der Waals surface area contributed by atoms with Crippen molar-refractivity contribution in [2.24, 2.45) is 0 Å². The summed E-state index contributed by atoms with van der Waals surface area (Å²) < 4.78 is 12.9. The lowest BCUT2D eigenvalue weighted by Crippen LogP contribution is -1.89. The third kappa shape index (κ3) is 2.91. The van der Waals surface area contributed by atoms with Crippen LogP contribution in [0.3, 0.4) is 0 Å². The Bertz CT molecular complexity index is 677. The minimum absolute atomic E-state index is 0.169. The van der Waals surface area contributed by atoms with Gasteiger partial charge in [-0.25, -0.2) is 9.37 Å². The van der Waals surface area contributed by atoms with E-state index in [1.807, 2.05) is 17.5 Å². The minimum atomic E-state index is -0.219. The number of benzene rings is 1. The van der Waals surface area contributed by atoms with Gasteiger partial charge < -0.3 is 0 Å². The largest absolute Gasteiger partial charge is 0.257 e. The Morgan fingerprint density at radius 2 is 2.05 bits per heavy atom. The number of rotatable bonds is 4. The molecule has 0 fully saturated rings. The Balaban J connectivity index is 1.73. The molecule has 20 heavy (non-hydrogen) atoms. The van der Waals surface area contributed by atoms with Crippen molar-refractivity contribution in [3.8, 4) is 10.7 Å². The van der Waals surface area contributed by atoms with Gasteiger partial charge in [0.25, 0.3) is 0 Å². The van der Waals surface area contributed by atoms with Gasteiger partial charge >= 0.3 is 0 Å². The predicted molar refractivity (Wildman–Crippen MR) is 80.4 cm³/mol. The third-order valence-electron chi connectivity index (χ3n) is 2.84. The molecule has 0 aliphatic rings. The molecule has 0 amide bonds. The minimum Gasteiger partial charge on any atom is -0.257 e. The average Bonchev–Trinajstić information content (AvgIpc) is 3.09. The first-order valence-electron chi connectivity index (χ1n) is 6.11. The van der Waals surface area contributed by atoms with E-state index in [9.17, 15) is 4.39 Å². The van der Waals surface area contributed by atoms with Crippen molar-refractivity contribution >= 4 is 23.1 Å². The molecule has 0 aliphatic heterocycles. The van der Waals surface area contributed by atoms with E-state index in [2.05, 4.69) is 22.1 Å². The molecular formula is C14H12FN3S2. The molecule has 3 nitrogen and oxygen atoms in total. The Kier molecular flexibility index (Phi) is 3.84. The van der Waals surface area contributed by atoms with Crippen LogP contribution in [0.5, 0.6) is 0 Å². The molecule has 1 atom stereocenters. The highest BCUT2D eigenvalue weighted by Gasteiger charge is 2.12. The summed E-state index contributed by atoms with van der Waals surface area (Å²) in [5.74, 6) is 0.567. The normalized spacial score (nSPS) is 12.5. The maximum atomic E-state index is 12.9. The number of hydrogen-bond donors (Lipinski definition) is 1. The van der Waals surface area contributed by atoms with Crippen LogP contribution in [0.25, 0.3) is 10.7 Å². The molecule has 2 aromatic heterocycles. The van der Waals surface area contributed by atoms with Crippen LogP contribution in [0.4, 0.5) is 4.39 Å². The second-order valence-corrected chi connectivity index (χ2v) is 6.51. The van der Waals surface area contributed by atoms with E-state index in [1.165, 1.54) is 12.1 Å². The van der Waals surface area contributed by atoms with Crippen molar-refractivity contribution in [1.29, 1.82) is 0 Å². The van der Waals surface area contributed by atoms with E-state index in [0.29, 0.717) is 5.16 Å². The summed E-state index contributed by atoms with van der Waals surface area (Å²) in [6.07, 6.45) is 0. The van der Waals surface area contributed by atoms with Gasteiger partial charge in [0, 0.05) is 5.25 Å². The fraction of sp³-hybridized carbons (Fsp3) is 0.143. The van der Waals surface area contributed by atoms with Crippen LogP contribution in [0.1, 0.15) is 17.7 Å². The van der Waals surface area contributed by atoms with Gasteiger partial charge in [0.05, 0.1) is 4.88 Å². The van der Waals surface area contributed by atoms with Gasteiger partial charge in [-0.1, -0.05) is 30.0 Å². The molecule has 6 heteroatoms. The number of nitrogens with one attached hydrogen (secondary N) is 1. The molecule has 3 aromatic rings. The molecule has 0 radical (unpaired) electrons. The van der Waals surface area contributed by atoms with Crippen LogP contribution in [0.2, 0.25) is 0 Å². The zero-order valence-electron chi connectivity index (χ0n) is 10.7. The van der Waals surface area contributed by atoms with Crippen LogP contribution < -0.4 is 0 Å². The summed E-state index contributed by atoms with van der Waals surface area (Å²) >= 11 is 3.17. The molecule has 0 aliphatic carbocycles. The van der Waals surface area contributed by atoms with Gasteiger partial charge in [-0.15, -0.1) is 16.4 Å². The highest BCUT2D eigenvalue weighted by Crippen LogP contribution is 2.33. The number of H-pyrrole nitrogens is 1. The van der Waals surface area contributed by atoms with Crippen LogP contribution in [0.15, 0.2) is 46.9 Å². The van der Waals surface area contributed by atoms with Gasteiger partial charge in [-0.05, 0) is 36.1 Å². The molecular weight excluding hydrogens is 293 g/mol. The highest BCUT2D eigenvalue weighted by molar-refractivity contribution is 7.99. The van der Waals surface area contributed by atoms with Crippen LogP contribution >= 0.6 is 23.1 Å². The van der Waals surface area contributed by atoms with E-state index in [0.717, 1.165) is 16.3 Å². The van der Waals surface area contributed by atoms with Gasteiger partial charge in [0.2, 0.25) is 5.16 Å². The van der Waals surface area contributed by atoms with Crippen molar-refractivity contribution in [1.82, 2.24) is 15.2 Å². The summed E-state index contributed by atoms with van der Waals surface area (Å²) in [6, 6.07) is 10.5. The third-order valence-corrected chi connectivity index (χ3v) is 4.74. The van der Waals surface area contributed by atoms with Crippen molar-refractivity contribution in [2.45, 2.75) is 17.3 Å². The molecule has 0 spiro atoms. The topological polar surface area (TPSA) is 41.6 Å². The van der Waals surface area contributed by atoms with Gasteiger partial charge in [0.15, 0.2) is 5.82 Å². The standard InChI is InChI=1S/C14H12FN3S2/c1-9(10-4-6-11(15)7-5-10)20-14-16-13(17-18-14)12-3-2-8-19-12/h2-9H,1H3,(H,16,17,18)/t9-/m0/s1. The summed E-state index contributed by atoms with van der Waals surface area (Å²) in [5.41, 5.74) is 1.05. The Hall–Kier alpha value is -1.66. The molecule has 102 valence electrons. The number of halogens is 1. The predicted octanol–water partition coefficient (Wildman–Crippen LogP) is 4.53. The van der Waals surface area contributed by atoms with Crippen LogP contribution in [-0.4, -0.2) is 15.2 Å². The first-order chi connectivity index (χ1) is 9.72. The fourth-order valence-corrected chi connectivity index (χ4v) is 3.30. The number of aromatic nitrogens is 3. The smallest absolute Gasteiger partial charge is 0.209 e.